The van der Waals surface area contributed by atoms with E-state index in [2.05, 4.69) is 14.7 Å². The van der Waals surface area contributed by atoms with E-state index in [-0.39, 0.29) is 22.8 Å². The van der Waals surface area contributed by atoms with Gasteiger partial charge in [0.25, 0.3) is 0 Å². The number of rotatable bonds is 4. The lowest BCUT2D eigenvalue weighted by Crippen LogP contribution is -2.30. The van der Waals surface area contributed by atoms with Crippen molar-refractivity contribution in [2.24, 2.45) is 0 Å². The minimum Gasteiger partial charge on any atom is -0.497 e. The Morgan fingerprint density at radius 1 is 1.19 bits per heavy atom. The fraction of sp³-hybridized carbons (Fsp3) is 0.235. The molecule has 1 atom stereocenters. The standard InChI is InChI=1S/C17H14F3N3O3/c1-25-11-8-10-4-7-23(16-21-5-3-6-22-16)14(10)12(9-11)13(15(24)26-2)17(18,19)20/h3-9,13H,1-2H3. The Labute approximate surface area is 146 Å². The average molecular weight is 365 g/mol. The van der Waals surface area contributed by atoms with E-state index in [0.29, 0.717) is 5.39 Å². The van der Waals surface area contributed by atoms with Crippen molar-refractivity contribution < 1.29 is 27.4 Å². The molecule has 0 aliphatic rings. The van der Waals surface area contributed by atoms with Crippen molar-refractivity contribution in [2.75, 3.05) is 14.2 Å². The molecule has 0 fully saturated rings. The predicted molar refractivity (Wildman–Crippen MR) is 86.2 cm³/mol. The van der Waals surface area contributed by atoms with Crippen LogP contribution in [0.25, 0.3) is 16.9 Å². The second-order valence-corrected chi connectivity index (χ2v) is 5.39. The van der Waals surface area contributed by atoms with Crippen LogP contribution in [0, 0.1) is 0 Å². The van der Waals surface area contributed by atoms with E-state index in [4.69, 9.17) is 4.74 Å². The topological polar surface area (TPSA) is 66.2 Å². The number of carbonyl (C=O) groups is 1. The zero-order chi connectivity index (χ0) is 18.9. The highest BCUT2D eigenvalue weighted by Gasteiger charge is 2.48. The van der Waals surface area contributed by atoms with Gasteiger partial charge in [-0.15, -0.1) is 0 Å². The fourth-order valence-electron chi connectivity index (χ4n) is 2.76. The number of benzene rings is 1. The van der Waals surface area contributed by atoms with Gasteiger partial charge in [0.15, 0.2) is 5.92 Å². The molecule has 136 valence electrons. The van der Waals surface area contributed by atoms with Crippen molar-refractivity contribution in [2.45, 2.75) is 12.1 Å². The van der Waals surface area contributed by atoms with E-state index < -0.39 is 18.1 Å². The molecular formula is C17H14F3N3O3. The first-order valence-electron chi connectivity index (χ1n) is 7.47. The number of aromatic nitrogens is 3. The summed E-state index contributed by atoms with van der Waals surface area (Å²) in [6, 6.07) is 5.94. The lowest BCUT2D eigenvalue weighted by atomic mass is 9.96. The van der Waals surface area contributed by atoms with Crippen molar-refractivity contribution in [3.05, 3.63) is 48.4 Å². The first-order valence-corrected chi connectivity index (χ1v) is 7.47. The second kappa shape index (κ2) is 6.66. The summed E-state index contributed by atoms with van der Waals surface area (Å²) >= 11 is 0. The van der Waals surface area contributed by atoms with Crippen LogP contribution in [0.1, 0.15) is 11.5 Å². The van der Waals surface area contributed by atoms with Crippen LogP contribution in [0.2, 0.25) is 0 Å². The van der Waals surface area contributed by atoms with Crippen molar-refractivity contribution >= 4 is 16.9 Å². The Hall–Kier alpha value is -3.10. The average Bonchev–Trinajstić information content (AvgIpc) is 3.05. The summed E-state index contributed by atoms with van der Waals surface area (Å²) in [5.41, 5.74) is -0.138. The number of fused-ring (bicyclic) bond motifs is 1. The summed E-state index contributed by atoms with van der Waals surface area (Å²) in [6.07, 6.45) is -0.371. The highest BCUT2D eigenvalue weighted by Crippen LogP contribution is 2.41. The van der Waals surface area contributed by atoms with Crippen molar-refractivity contribution in [1.82, 2.24) is 14.5 Å². The number of ether oxygens (including phenoxy) is 2. The number of hydrogen-bond donors (Lipinski definition) is 0. The minimum absolute atomic E-state index is 0.157. The zero-order valence-electron chi connectivity index (χ0n) is 13.8. The van der Waals surface area contributed by atoms with Gasteiger partial charge < -0.3 is 9.47 Å². The molecule has 1 unspecified atom stereocenters. The molecule has 0 spiro atoms. The van der Waals surface area contributed by atoms with Gasteiger partial charge in [0.1, 0.15) is 5.75 Å². The first-order chi connectivity index (χ1) is 12.4. The molecule has 0 amide bonds. The molecule has 0 radical (unpaired) electrons. The maximum Gasteiger partial charge on any atom is 0.406 e. The van der Waals surface area contributed by atoms with Gasteiger partial charge >= 0.3 is 12.1 Å². The molecule has 0 N–H and O–H groups in total. The molecule has 0 saturated carbocycles. The van der Waals surface area contributed by atoms with Crippen LogP contribution in [-0.4, -0.2) is 40.9 Å². The Kier molecular flexibility index (Phi) is 4.54. The molecule has 0 aliphatic heterocycles. The SMILES string of the molecule is COC(=O)C(c1cc(OC)cc2ccn(-c3ncccn3)c12)C(F)(F)F. The highest BCUT2D eigenvalue weighted by molar-refractivity contribution is 5.92. The Balaban J connectivity index is 2.35. The van der Waals surface area contributed by atoms with E-state index in [0.717, 1.165) is 7.11 Å². The van der Waals surface area contributed by atoms with Crippen molar-refractivity contribution in [1.29, 1.82) is 0 Å². The van der Waals surface area contributed by atoms with Crippen LogP contribution < -0.4 is 4.74 Å². The van der Waals surface area contributed by atoms with E-state index in [9.17, 15) is 18.0 Å². The maximum atomic E-state index is 13.7. The molecule has 3 aromatic rings. The molecule has 9 heteroatoms. The third-order valence-electron chi connectivity index (χ3n) is 3.86. The molecule has 0 bridgehead atoms. The molecule has 2 heterocycles. The van der Waals surface area contributed by atoms with Gasteiger partial charge in [-0.05, 0) is 24.3 Å². The van der Waals surface area contributed by atoms with Gasteiger partial charge in [0.2, 0.25) is 5.95 Å². The molecule has 0 saturated heterocycles. The largest absolute Gasteiger partial charge is 0.497 e. The van der Waals surface area contributed by atoms with E-state index >= 15 is 0 Å². The predicted octanol–water partition coefficient (Wildman–Crippen LogP) is 3.25. The lowest BCUT2D eigenvalue weighted by molar-refractivity contribution is -0.179. The van der Waals surface area contributed by atoms with Crippen molar-refractivity contribution in [3.8, 4) is 11.7 Å². The van der Waals surface area contributed by atoms with E-state index in [1.54, 1.807) is 18.2 Å². The van der Waals surface area contributed by atoms with Crippen molar-refractivity contribution in [3.63, 3.8) is 0 Å². The second-order valence-electron chi connectivity index (χ2n) is 5.39. The Morgan fingerprint density at radius 3 is 2.46 bits per heavy atom. The third kappa shape index (κ3) is 3.07. The van der Waals surface area contributed by atoms with Gasteiger partial charge in [-0.2, -0.15) is 13.2 Å². The van der Waals surface area contributed by atoms with Gasteiger partial charge in [0, 0.05) is 29.5 Å². The van der Waals surface area contributed by atoms with Crippen LogP contribution in [0.4, 0.5) is 13.2 Å². The van der Waals surface area contributed by atoms with Crippen LogP contribution in [-0.2, 0) is 9.53 Å². The monoisotopic (exact) mass is 365 g/mol. The van der Waals surface area contributed by atoms with Crippen LogP contribution >= 0.6 is 0 Å². The minimum atomic E-state index is -4.85. The number of alkyl halides is 3. The lowest BCUT2D eigenvalue weighted by Gasteiger charge is -2.20. The number of carbonyl (C=O) groups excluding carboxylic acids is 1. The van der Waals surface area contributed by atoms with E-state index in [1.807, 2.05) is 0 Å². The Morgan fingerprint density at radius 2 is 1.88 bits per heavy atom. The summed E-state index contributed by atoms with van der Waals surface area (Å²) in [5.74, 6) is -3.51. The smallest absolute Gasteiger partial charge is 0.406 e. The number of nitrogens with zero attached hydrogens (tertiary/aromatic N) is 3. The molecule has 1 aromatic carbocycles. The molecule has 26 heavy (non-hydrogen) atoms. The number of esters is 1. The van der Waals surface area contributed by atoms with Crippen LogP contribution in [0.3, 0.4) is 0 Å². The maximum absolute atomic E-state index is 13.7. The molecular weight excluding hydrogens is 351 g/mol. The first kappa shape index (κ1) is 17.7. The molecule has 0 aliphatic carbocycles. The zero-order valence-corrected chi connectivity index (χ0v) is 13.8. The number of hydrogen-bond acceptors (Lipinski definition) is 5. The summed E-state index contributed by atoms with van der Waals surface area (Å²) in [5, 5.41) is 0.449. The van der Waals surface area contributed by atoms with Gasteiger partial charge in [-0.1, -0.05) is 0 Å². The molecule has 6 nitrogen and oxygen atoms in total. The molecule has 3 rings (SSSR count). The van der Waals surface area contributed by atoms with Crippen LogP contribution in [0.15, 0.2) is 42.9 Å². The molecule has 2 aromatic heterocycles. The highest BCUT2D eigenvalue weighted by atomic mass is 19.4. The number of methoxy groups -OCH3 is 2. The normalized spacial score (nSPS) is 12.8. The quantitative estimate of drug-likeness (QED) is 0.664. The van der Waals surface area contributed by atoms with E-state index in [1.165, 1.54) is 36.3 Å². The van der Waals surface area contributed by atoms with Crippen LogP contribution in [0.5, 0.6) is 5.75 Å². The van der Waals surface area contributed by atoms with Gasteiger partial charge in [-0.3, -0.25) is 9.36 Å². The van der Waals surface area contributed by atoms with Gasteiger partial charge in [0.05, 0.1) is 19.7 Å². The summed E-state index contributed by atoms with van der Waals surface area (Å²) in [6.45, 7) is 0. The summed E-state index contributed by atoms with van der Waals surface area (Å²) in [7, 11) is 2.25. The van der Waals surface area contributed by atoms with Gasteiger partial charge in [-0.25, -0.2) is 9.97 Å². The third-order valence-corrected chi connectivity index (χ3v) is 3.86. The summed E-state index contributed by atoms with van der Waals surface area (Å²) < 4.78 is 51.9. The Bertz CT molecular complexity index is 939. The number of halogens is 3. The summed E-state index contributed by atoms with van der Waals surface area (Å²) in [4.78, 5) is 20.1. The fourth-order valence-corrected chi connectivity index (χ4v) is 2.76.